The number of rotatable bonds is 8. The first-order valence-corrected chi connectivity index (χ1v) is 13.4. The average molecular weight is 509 g/mol. The molecule has 1 saturated heterocycles. The highest BCUT2D eigenvalue weighted by Gasteiger charge is 2.28. The van der Waals surface area contributed by atoms with E-state index in [1.165, 1.54) is 11.8 Å². The molecule has 0 saturated carbocycles. The topological polar surface area (TPSA) is 108 Å². The van der Waals surface area contributed by atoms with Crippen molar-refractivity contribution in [1.82, 2.24) is 9.29 Å². The summed E-state index contributed by atoms with van der Waals surface area (Å²) in [4.78, 5) is 1.95. The lowest BCUT2D eigenvalue weighted by Crippen LogP contribution is -2.44. The van der Waals surface area contributed by atoms with Crippen LogP contribution in [0.5, 0.6) is 0 Å². The van der Waals surface area contributed by atoms with Crippen LogP contribution in [0.2, 0.25) is 0 Å². The molecule has 2 N–H and O–H groups in total. The average Bonchev–Trinajstić information content (AvgIpc) is 3.21. The predicted molar refractivity (Wildman–Crippen MR) is 143 cm³/mol. The van der Waals surface area contributed by atoms with Gasteiger partial charge < -0.3 is 19.3 Å². The van der Waals surface area contributed by atoms with Crippen molar-refractivity contribution in [2.24, 2.45) is 7.05 Å². The van der Waals surface area contributed by atoms with Crippen molar-refractivity contribution in [1.29, 1.82) is 5.26 Å². The maximum absolute atomic E-state index is 12.8. The second-order valence-corrected chi connectivity index (χ2v) is 11.3. The number of allylic oxidation sites excluding steroid dienone is 1. The van der Waals surface area contributed by atoms with Crippen LogP contribution in [0.3, 0.4) is 0 Å². The number of nitriles is 1. The predicted octanol–water partition coefficient (Wildman–Crippen LogP) is 3.63. The molecular formula is C27H32N4O4S. The molecule has 36 heavy (non-hydrogen) atoms. The summed E-state index contributed by atoms with van der Waals surface area (Å²) in [6, 6.07) is 18.2. The molecule has 0 radical (unpaired) electrons. The van der Waals surface area contributed by atoms with E-state index in [1.807, 2.05) is 23.8 Å². The summed E-state index contributed by atoms with van der Waals surface area (Å²) in [7, 11) is -2.21. The van der Waals surface area contributed by atoms with Gasteiger partial charge >= 0.3 is 0 Å². The molecule has 0 bridgehead atoms. The summed E-state index contributed by atoms with van der Waals surface area (Å²) in [5, 5.41) is 21.0. The van der Waals surface area contributed by atoms with Crippen LogP contribution in [0, 0.1) is 11.3 Å². The number of morpholine rings is 1. The molecule has 1 aliphatic heterocycles. The van der Waals surface area contributed by atoms with Crippen molar-refractivity contribution in [2.45, 2.75) is 25.8 Å². The van der Waals surface area contributed by atoms with Crippen molar-refractivity contribution >= 4 is 32.6 Å². The second kappa shape index (κ2) is 10.4. The molecule has 1 aromatic heterocycles. The van der Waals surface area contributed by atoms with E-state index < -0.39 is 15.6 Å². The van der Waals surface area contributed by atoms with Gasteiger partial charge in [0.15, 0.2) is 4.91 Å². The number of fused-ring (bicyclic) bond motifs is 1. The Hall–Kier alpha value is -3.16. The van der Waals surface area contributed by atoms with Gasteiger partial charge in [0.1, 0.15) is 6.07 Å². The minimum absolute atomic E-state index is 0.164. The minimum atomic E-state index is -4.05. The standard InChI is InChI=1S/C27H32N4O4S/c1-27(2,10-13-32)29-36(33,34)25(19-28)18-23-8-9-26(30(23)3)22-5-4-21-17-24(7-6-20(21)16-22)31-11-14-35-15-12-31/h4-9,16-18,29,32H,10-15H2,1-3H3. The van der Waals surface area contributed by atoms with E-state index in [1.54, 1.807) is 19.9 Å². The van der Waals surface area contributed by atoms with E-state index in [4.69, 9.17) is 4.74 Å². The number of nitrogens with zero attached hydrogens (tertiary/aromatic N) is 3. The Morgan fingerprint density at radius 3 is 2.53 bits per heavy atom. The quantitative estimate of drug-likeness (QED) is 0.450. The summed E-state index contributed by atoms with van der Waals surface area (Å²) >= 11 is 0. The molecule has 0 aliphatic carbocycles. The van der Waals surface area contributed by atoms with E-state index in [9.17, 15) is 18.8 Å². The molecule has 4 rings (SSSR count). The number of aromatic nitrogens is 1. The number of benzene rings is 2. The van der Waals surface area contributed by atoms with Crippen molar-refractivity contribution in [2.75, 3.05) is 37.8 Å². The number of sulfonamides is 1. The summed E-state index contributed by atoms with van der Waals surface area (Å²) in [5.74, 6) is 0. The van der Waals surface area contributed by atoms with Crippen LogP contribution >= 0.6 is 0 Å². The third-order valence-corrected chi connectivity index (χ3v) is 8.09. The van der Waals surface area contributed by atoms with E-state index in [0.717, 1.165) is 48.3 Å². The van der Waals surface area contributed by atoms with Crippen LogP contribution in [0.1, 0.15) is 26.0 Å². The van der Waals surface area contributed by atoms with Gasteiger partial charge in [0.25, 0.3) is 10.0 Å². The SMILES string of the molecule is Cn1c(C=C(C#N)S(=O)(=O)NC(C)(C)CCO)ccc1-c1ccc2cc(N3CCOCC3)ccc2c1. The Balaban J connectivity index is 1.62. The Morgan fingerprint density at radius 1 is 1.14 bits per heavy atom. The molecule has 1 fully saturated rings. The Morgan fingerprint density at radius 2 is 1.83 bits per heavy atom. The number of nitrogens with one attached hydrogen (secondary N) is 1. The molecule has 8 nitrogen and oxygen atoms in total. The van der Waals surface area contributed by atoms with Gasteiger partial charge in [-0.2, -0.15) is 5.26 Å². The summed E-state index contributed by atoms with van der Waals surface area (Å²) in [6.07, 6.45) is 1.60. The van der Waals surface area contributed by atoms with Gasteiger partial charge in [-0.1, -0.05) is 18.2 Å². The molecule has 0 amide bonds. The van der Waals surface area contributed by atoms with E-state index in [-0.39, 0.29) is 17.9 Å². The minimum Gasteiger partial charge on any atom is -0.396 e. The van der Waals surface area contributed by atoms with Crippen LogP contribution in [-0.2, 0) is 21.8 Å². The summed E-state index contributed by atoms with van der Waals surface area (Å²) in [5.41, 5.74) is 2.80. The van der Waals surface area contributed by atoms with Crippen molar-refractivity contribution in [3.8, 4) is 17.3 Å². The van der Waals surface area contributed by atoms with E-state index in [0.29, 0.717) is 5.69 Å². The van der Waals surface area contributed by atoms with Crippen LogP contribution < -0.4 is 9.62 Å². The maximum Gasteiger partial charge on any atom is 0.251 e. The lowest BCUT2D eigenvalue weighted by Gasteiger charge is -2.29. The third kappa shape index (κ3) is 5.63. The molecule has 2 aromatic carbocycles. The van der Waals surface area contributed by atoms with Crippen molar-refractivity contribution in [3.63, 3.8) is 0 Å². The van der Waals surface area contributed by atoms with Crippen molar-refractivity contribution in [3.05, 3.63) is 59.1 Å². The molecule has 190 valence electrons. The molecular weight excluding hydrogens is 476 g/mol. The van der Waals surface area contributed by atoms with Crippen LogP contribution in [0.15, 0.2) is 53.4 Å². The summed E-state index contributed by atoms with van der Waals surface area (Å²) in [6.45, 7) is 6.43. The fourth-order valence-corrected chi connectivity index (χ4v) is 5.76. The highest BCUT2D eigenvalue weighted by atomic mass is 32.2. The zero-order valence-corrected chi connectivity index (χ0v) is 21.7. The highest BCUT2D eigenvalue weighted by molar-refractivity contribution is 7.93. The van der Waals surface area contributed by atoms with Gasteiger partial charge in [-0.3, -0.25) is 0 Å². The van der Waals surface area contributed by atoms with Crippen molar-refractivity contribution < 1.29 is 18.3 Å². The van der Waals surface area contributed by atoms with Crippen LogP contribution in [0.25, 0.3) is 28.1 Å². The van der Waals surface area contributed by atoms with E-state index in [2.05, 4.69) is 46.0 Å². The molecule has 3 aromatic rings. The van der Waals surface area contributed by atoms with Gasteiger partial charge in [-0.15, -0.1) is 0 Å². The molecule has 0 atom stereocenters. The lowest BCUT2D eigenvalue weighted by molar-refractivity contribution is 0.122. The van der Waals surface area contributed by atoms with E-state index >= 15 is 0 Å². The Kier molecular flexibility index (Phi) is 7.52. The molecule has 9 heteroatoms. The molecule has 0 spiro atoms. The Labute approximate surface area is 212 Å². The smallest absolute Gasteiger partial charge is 0.251 e. The Bertz CT molecular complexity index is 1430. The molecule has 2 heterocycles. The second-order valence-electron chi connectivity index (χ2n) is 9.63. The first-order valence-electron chi connectivity index (χ1n) is 11.9. The molecule has 1 aliphatic rings. The fraction of sp³-hybridized carbons (Fsp3) is 0.370. The maximum atomic E-state index is 12.8. The third-order valence-electron chi connectivity index (χ3n) is 6.48. The largest absolute Gasteiger partial charge is 0.396 e. The summed E-state index contributed by atoms with van der Waals surface area (Å²) < 4.78 is 35.5. The van der Waals surface area contributed by atoms with Gasteiger partial charge in [-0.25, -0.2) is 13.1 Å². The number of aliphatic hydroxyl groups excluding tert-OH is 1. The van der Waals surface area contributed by atoms with Crippen LogP contribution in [0.4, 0.5) is 5.69 Å². The van der Waals surface area contributed by atoms with Crippen LogP contribution in [-0.4, -0.2) is 56.5 Å². The number of hydrogen-bond acceptors (Lipinski definition) is 6. The normalized spacial score (nSPS) is 15.3. The first kappa shape index (κ1) is 25.9. The van der Waals surface area contributed by atoms with Gasteiger partial charge in [0, 0.05) is 49.4 Å². The monoisotopic (exact) mass is 508 g/mol. The number of hydrogen-bond donors (Lipinski definition) is 2. The van der Waals surface area contributed by atoms with Gasteiger partial charge in [-0.05, 0) is 73.0 Å². The fourth-order valence-electron chi connectivity index (χ4n) is 4.43. The first-order chi connectivity index (χ1) is 17.1. The van der Waals surface area contributed by atoms with Gasteiger partial charge in [0.2, 0.25) is 0 Å². The number of aliphatic hydroxyl groups is 1. The lowest BCUT2D eigenvalue weighted by atomic mass is 10.0. The highest BCUT2D eigenvalue weighted by Crippen LogP contribution is 2.29. The van der Waals surface area contributed by atoms with Gasteiger partial charge in [0.05, 0.1) is 13.2 Å². The molecule has 0 unspecified atom stereocenters. The zero-order valence-electron chi connectivity index (χ0n) is 20.9. The number of anilines is 1. The zero-order chi connectivity index (χ0) is 25.9. The number of ether oxygens (including phenoxy) is 1.